The summed E-state index contributed by atoms with van der Waals surface area (Å²) >= 11 is 1.86. The fourth-order valence-electron chi connectivity index (χ4n) is 2.17. The second-order valence-electron chi connectivity index (χ2n) is 4.19. The molecule has 2 atom stereocenters. The van der Waals surface area contributed by atoms with Gasteiger partial charge in [-0.2, -0.15) is 0 Å². The first-order valence-electron chi connectivity index (χ1n) is 5.90. The van der Waals surface area contributed by atoms with Crippen LogP contribution in [0.4, 0.5) is 0 Å². The molecule has 2 N–H and O–H groups in total. The normalized spacial score (nSPS) is 23.9. The minimum atomic E-state index is 0.551. The summed E-state index contributed by atoms with van der Waals surface area (Å²) < 4.78 is 0. The lowest BCUT2D eigenvalue weighted by Gasteiger charge is -2.28. The van der Waals surface area contributed by atoms with Crippen molar-refractivity contribution in [2.45, 2.75) is 38.3 Å². The Hall–Kier alpha value is -0.380. The quantitative estimate of drug-likeness (QED) is 0.821. The van der Waals surface area contributed by atoms with Crippen molar-refractivity contribution in [2.75, 3.05) is 13.1 Å². The highest BCUT2D eigenvalue weighted by molar-refractivity contribution is 7.10. The lowest BCUT2D eigenvalue weighted by atomic mass is 10.1. The summed E-state index contributed by atoms with van der Waals surface area (Å²) in [6.45, 7) is 4.57. The van der Waals surface area contributed by atoms with Crippen LogP contribution in [-0.2, 0) is 0 Å². The number of hydrogen-bond donors (Lipinski definition) is 2. The van der Waals surface area contributed by atoms with Crippen LogP contribution in [0.5, 0.6) is 0 Å². The Balaban J connectivity index is 1.90. The van der Waals surface area contributed by atoms with Crippen LogP contribution in [0.15, 0.2) is 17.5 Å². The molecule has 0 aliphatic carbocycles. The molecule has 1 saturated heterocycles. The predicted octanol–water partition coefficient (Wildman–Crippen LogP) is 2.54. The van der Waals surface area contributed by atoms with Crippen molar-refractivity contribution in [3.8, 4) is 0 Å². The van der Waals surface area contributed by atoms with Gasteiger partial charge in [0.2, 0.25) is 0 Å². The first-order chi connectivity index (χ1) is 7.40. The van der Waals surface area contributed by atoms with Gasteiger partial charge in [0.25, 0.3) is 0 Å². The predicted molar refractivity (Wildman–Crippen MR) is 66.4 cm³/mol. The van der Waals surface area contributed by atoms with Gasteiger partial charge in [-0.25, -0.2) is 0 Å². The fourth-order valence-corrected chi connectivity index (χ4v) is 3.04. The average Bonchev–Trinajstić information content (AvgIpc) is 2.81. The van der Waals surface area contributed by atoms with Gasteiger partial charge < -0.3 is 10.6 Å². The highest BCUT2D eigenvalue weighted by Gasteiger charge is 2.17. The Morgan fingerprint density at radius 2 is 2.60 bits per heavy atom. The molecule has 3 heteroatoms. The topological polar surface area (TPSA) is 24.1 Å². The molecular weight excluding hydrogens is 204 g/mol. The van der Waals surface area contributed by atoms with E-state index in [0.717, 1.165) is 6.54 Å². The maximum atomic E-state index is 3.76. The summed E-state index contributed by atoms with van der Waals surface area (Å²) in [6, 6.07) is 5.59. The summed E-state index contributed by atoms with van der Waals surface area (Å²) in [5.74, 6) is 0. The molecule has 0 aromatic carbocycles. The van der Waals surface area contributed by atoms with Crippen molar-refractivity contribution in [1.82, 2.24) is 10.6 Å². The molecule has 2 rings (SSSR count). The first-order valence-corrected chi connectivity index (χ1v) is 6.78. The molecule has 0 amide bonds. The lowest BCUT2D eigenvalue weighted by molar-refractivity contribution is 0.350. The van der Waals surface area contributed by atoms with E-state index in [0.29, 0.717) is 12.1 Å². The first kappa shape index (κ1) is 11.1. The van der Waals surface area contributed by atoms with Crippen LogP contribution in [0.2, 0.25) is 0 Å². The molecule has 0 radical (unpaired) electrons. The van der Waals surface area contributed by atoms with Crippen molar-refractivity contribution in [1.29, 1.82) is 0 Å². The van der Waals surface area contributed by atoms with E-state index in [2.05, 4.69) is 35.1 Å². The van der Waals surface area contributed by atoms with Gasteiger partial charge in [0.1, 0.15) is 0 Å². The number of nitrogens with one attached hydrogen (secondary N) is 2. The van der Waals surface area contributed by atoms with E-state index in [1.807, 2.05) is 11.3 Å². The maximum absolute atomic E-state index is 3.76. The highest BCUT2D eigenvalue weighted by Crippen LogP contribution is 2.22. The SMILES string of the molecule is CCC(NC1CCCNC1)c1cccs1. The second kappa shape index (κ2) is 5.64. The number of rotatable bonds is 4. The Labute approximate surface area is 96.1 Å². The molecule has 0 bridgehead atoms. The van der Waals surface area contributed by atoms with Crippen molar-refractivity contribution in [2.24, 2.45) is 0 Å². The molecule has 2 unspecified atom stereocenters. The smallest absolute Gasteiger partial charge is 0.0414 e. The van der Waals surface area contributed by atoms with Gasteiger partial charge in [-0.1, -0.05) is 13.0 Å². The zero-order chi connectivity index (χ0) is 10.5. The van der Waals surface area contributed by atoms with Crippen LogP contribution >= 0.6 is 11.3 Å². The van der Waals surface area contributed by atoms with Crippen molar-refractivity contribution >= 4 is 11.3 Å². The van der Waals surface area contributed by atoms with E-state index in [4.69, 9.17) is 0 Å². The summed E-state index contributed by atoms with van der Waals surface area (Å²) in [5, 5.41) is 9.37. The van der Waals surface area contributed by atoms with Gasteiger partial charge in [-0.05, 0) is 37.3 Å². The third kappa shape index (κ3) is 3.03. The molecule has 1 aliphatic rings. The van der Waals surface area contributed by atoms with E-state index < -0.39 is 0 Å². The molecule has 0 saturated carbocycles. The fraction of sp³-hybridized carbons (Fsp3) is 0.667. The zero-order valence-electron chi connectivity index (χ0n) is 9.33. The average molecular weight is 224 g/mol. The van der Waals surface area contributed by atoms with E-state index in [1.165, 1.54) is 30.7 Å². The highest BCUT2D eigenvalue weighted by atomic mass is 32.1. The van der Waals surface area contributed by atoms with Crippen LogP contribution in [0.1, 0.15) is 37.1 Å². The van der Waals surface area contributed by atoms with E-state index in [9.17, 15) is 0 Å². The number of thiophene rings is 1. The molecule has 1 aromatic heterocycles. The van der Waals surface area contributed by atoms with Gasteiger partial charge in [-0.15, -0.1) is 11.3 Å². The molecule has 0 spiro atoms. The van der Waals surface area contributed by atoms with Crippen LogP contribution < -0.4 is 10.6 Å². The third-order valence-corrected chi connectivity index (χ3v) is 4.01. The van der Waals surface area contributed by atoms with Crippen molar-refractivity contribution < 1.29 is 0 Å². The standard InChI is InChI=1S/C12H20N2S/c1-2-11(12-6-4-8-15-12)14-10-5-3-7-13-9-10/h4,6,8,10-11,13-14H,2-3,5,7,9H2,1H3. The van der Waals surface area contributed by atoms with Crippen LogP contribution in [0.3, 0.4) is 0 Å². The molecule has 84 valence electrons. The van der Waals surface area contributed by atoms with Gasteiger partial charge in [0.15, 0.2) is 0 Å². The van der Waals surface area contributed by atoms with Crippen molar-refractivity contribution in [3.05, 3.63) is 22.4 Å². The van der Waals surface area contributed by atoms with Crippen molar-refractivity contribution in [3.63, 3.8) is 0 Å². The molecule has 1 aromatic rings. The van der Waals surface area contributed by atoms with E-state index in [-0.39, 0.29) is 0 Å². The van der Waals surface area contributed by atoms with E-state index >= 15 is 0 Å². The summed E-state index contributed by atoms with van der Waals surface area (Å²) in [4.78, 5) is 1.48. The molecular formula is C12H20N2S. The molecule has 15 heavy (non-hydrogen) atoms. The van der Waals surface area contributed by atoms with Crippen LogP contribution in [0, 0.1) is 0 Å². The largest absolute Gasteiger partial charge is 0.315 e. The number of piperidine rings is 1. The number of hydrogen-bond acceptors (Lipinski definition) is 3. The Kier molecular flexibility index (Phi) is 4.18. The summed E-state index contributed by atoms with van der Waals surface area (Å²) in [5.41, 5.74) is 0. The van der Waals surface area contributed by atoms with Gasteiger partial charge >= 0.3 is 0 Å². The maximum Gasteiger partial charge on any atom is 0.0414 e. The van der Waals surface area contributed by atoms with Crippen LogP contribution in [-0.4, -0.2) is 19.1 Å². The molecule has 2 nitrogen and oxygen atoms in total. The molecule has 2 heterocycles. The lowest BCUT2D eigenvalue weighted by Crippen LogP contribution is -2.44. The van der Waals surface area contributed by atoms with Gasteiger partial charge in [-0.3, -0.25) is 0 Å². The molecule has 1 fully saturated rings. The Bertz CT molecular complexity index is 265. The van der Waals surface area contributed by atoms with Gasteiger partial charge in [0, 0.05) is 23.5 Å². The summed E-state index contributed by atoms with van der Waals surface area (Å²) in [6.07, 6.45) is 3.80. The Morgan fingerprint density at radius 3 is 3.20 bits per heavy atom. The van der Waals surface area contributed by atoms with E-state index in [1.54, 1.807) is 0 Å². The minimum Gasteiger partial charge on any atom is -0.315 e. The minimum absolute atomic E-state index is 0.551. The third-order valence-electron chi connectivity index (χ3n) is 3.03. The van der Waals surface area contributed by atoms with Gasteiger partial charge in [0.05, 0.1) is 0 Å². The Morgan fingerprint density at radius 1 is 1.67 bits per heavy atom. The summed E-state index contributed by atoms with van der Waals surface area (Å²) in [7, 11) is 0. The molecule has 1 aliphatic heterocycles. The zero-order valence-corrected chi connectivity index (χ0v) is 10.1. The monoisotopic (exact) mass is 224 g/mol. The second-order valence-corrected chi connectivity index (χ2v) is 5.17. The van der Waals surface area contributed by atoms with Crippen LogP contribution in [0.25, 0.3) is 0 Å².